The van der Waals surface area contributed by atoms with E-state index in [4.69, 9.17) is 31.4 Å². The molecule has 0 aliphatic carbocycles. The summed E-state index contributed by atoms with van der Waals surface area (Å²) in [7, 11) is 3.16. The van der Waals surface area contributed by atoms with E-state index in [-0.39, 0.29) is 0 Å². The molecule has 0 aliphatic heterocycles. The van der Waals surface area contributed by atoms with E-state index in [1.54, 1.807) is 44.6 Å². The number of hydrogen-bond donors (Lipinski definition) is 0. The molecule has 3 aromatic rings. The van der Waals surface area contributed by atoms with Crippen molar-refractivity contribution in [1.82, 2.24) is 0 Å². The molecule has 0 amide bonds. The van der Waals surface area contributed by atoms with Crippen LogP contribution in [0.3, 0.4) is 0 Å². The summed E-state index contributed by atoms with van der Waals surface area (Å²) in [6.07, 6.45) is 0. The molecule has 1 heterocycles. The minimum Gasteiger partial charge on any atom is -0.496 e. The number of hydrogen-bond acceptors (Lipinski definition) is 5. The fourth-order valence-electron chi connectivity index (χ4n) is 2.36. The van der Waals surface area contributed by atoms with Crippen LogP contribution in [-0.4, -0.2) is 14.2 Å². The quantitative estimate of drug-likeness (QED) is 0.653. The van der Waals surface area contributed by atoms with Gasteiger partial charge in [0.1, 0.15) is 22.8 Å². The molecule has 0 saturated carbocycles. The van der Waals surface area contributed by atoms with Gasteiger partial charge in [-0.25, -0.2) is 0 Å². The van der Waals surface area contributed by atoms with Crippen LogP contribution in [0.4, 0.5) is 0 Å². The van der Waals surface area contributed by atoms with Gasteiger partial charge >= 0.3 is 0 Å². The summed E-state index contributed by atoms with van der Waals surface area (Å²) in [6.45, 7) is 0. The van der Waals surface area contributed by atoms with Gasteiger partial charge in [-0.2, -0.15) is 5.26 Å². The fraction of sp³-hybridized carbons (Fsp3) is 0.111. The molecular weight excluding hydrogens is 310 g/mol. The Morgan fingerprint density at radius 2 is 1.78 bits per heavy atom. The smallest absolute Gasteiger partial charge is 0.143 e. The Morgan fingerprint density at radius 1 is 1.04 bits per heavy atom. The average molecular weight is 323 g/mol. The lowest BCUT2D eigenvalue weighted by molar-refractivity contribution is 0.396. The summed E-state index contributed by atoms with van der Waals surface area (Å²) in [5.41, 5.74) is 2.03. The van der Waals surface area contributed by atoms with Gasteiger partial charge in [-0.3, -0.25) is 0 Å². The van der Waals surface area contributed by atoms with Crippen molar-refractivity contribution in [2.45, 2.75) is 0 Å². The van der Waals surface area contributed by atoms with Gasteiger partial charge in [-0.05, 0) is 24.3 Å². The van der Waals surface area contributed by atoms with Gasteiger partial charge in [0.25, 0.3) is 0 Å². The standard InChI is InChI=1S/C18H13NO3S/c1-20-13-7-15(21-2)18-16(8-13)22-14(9-17(18)23)12-5-3-11(10-19)4-6-12/h3-9H,1-2H3. The van der Waals surface area contributed by atoms with Crippen molar-refractivity contribution in [3.63, 3.8) is 0 Å². The third kappa shape index (κ3) is 2.77. The van der Waals surface area contributed by atoms with Crippen molar-refractivity contribution >= 4 is 23.2 Å². The van der Waals surface area contributed by atoms with Gasteiger partial charge in [0, 0.05) is 23.8 Å². The van der Waals surface area contributed by atoms with E-state index in [0.717, 1.165) is 10.9 Å². The van der Waals surface area contributed by atoms with Crippen LogP contribution >= 0.6 is 12.2 Å². The lowest BCUT2D eigenvalue weighted by Crippen LogP contribution is -1.90. The molecule has 0 fully saturated rings. The topological polar surface area (TPSA) is 55.4 Å². The van der Waals surface area contributed by atoms with Crippen LogP contribution in [0.2, 0.25) is 0 Å². The minimum absolute atomic E-state index is 0.591. The third-order valence-electron chi connectivity index (χ3n) is 3.52. The van der Waals surface area contributed by atoms with Gasteiger partial charge in [-0.15, -0.1) is 0 Å². The molecule has 0 saturated heterocycles. The van der Waals surface area contributed by atoms with Gasteiger partial charge in [0.2, 0.25) is 0 Å². The normalized spacial score (nSPS) is 10.3. The lowest BCUT2D eigenvalue weighted by atomic mass is 10.1. The lowest BCUT2D eigenvalue weighted by Gasteiger charge is -2.10. The molecular formula is C18H13NO3S. The van der Waals surface area contributed by atoms with E-state index in [9.17, 15) is 0 Å². The number of nitrogens with zero attached hydrogens (tertiary/aromatic N) is 1. The van der Waals surface area contributed by atoms with Crippen LogP contribution in [0.1, 0.15) is 5.56 Å². The summed E-state index contributed by atoms with van der Waals surface area (Å²) >= 11 is 5.49. The number of nitriles is 1. The Balaban J connectivity index is 2.24. The zero-order valence-electron chi connectivity index (χ0n) is 12.6. The molecule has 23 heavy (non-hydrogen) atoms. The summed E-state index contributed by atoms with van der Waals surface area (Å²) < 4.78 is 17.3. The van der Waals surface area contributed by atoms with E-state index < -0.39 is 0 Å². The predicted molar refractivity (Wildman–Crippen MR) is 90.3 cm³/mol. The highest BCUT2D eigenvalue weighted by Gasteiger charge is 2.12. The van der Waals surface area contributed by atoms with Gasteiger partial charge in [0.05, 0.1) is 35.7 Å². The molecule has 0 unspecified atom stereocenters. The SMILES string of the molecule is COc1cc(OC)c2c(=S)cc(-c3ccc(C#N)cc3)oc2c1. The van der Waals surface area contributed by atoms with Crippen LogP contribution in [-0.2, 0) is 0 Å². The van der Waals surface area contributed by atoms with Gasteiger partial charge in [-0.1, -0.05) is 12.2 Å². The van der Waals surface area contributed by atoms with Crippen LogP contribution in [0, 0.1) is 15.8 Å². The maximum atomic E-state index is 8.88. The molecule has 3 rings (SSSR count). The summed E-state index contributed by atoms with van der Waals surface area (Å²) in [6, 6.07) is 14.6. The Kier molecular flexibility index (Phi) is 4.00. The van der Waals surface area contributed by atoms with E-state index in [1.165, 1.54) is 0 Å². The predicted octanol–water partition coefficient (Wildman–Crippen LogP) is 4.72. The molecule has 0 atom stereocenters. The van der Waals surface area contributed by atoms with Crippen LogP contribution < -0.4 is 9.47 Å². The zero-order chi connectivity index (χ0) is 16.4. The summed E-state index contributed by atoms with van der Waals surface area (Å²) in [5.74, 6) is 1.87. The van der Waals surface area contributed by atoms with E-state index >= 15 is 0 Å². The van der Waals surface area contributed by atoms with E-state index in [1.807, 2.05) is 12.1 Å². The van der Waals surface area contributed by atoms with Crippen molar-refractivity contribution in [1.29, 1.82) is 5.26 Å². The van der Waals surface area contributed by atoms with Crippen LogP contribution in [0.5, 0.6) is 11.5 Å². The molecule has 114 valence electrons. The van der Waals surface area contributed by atoms with E-state index in [2.05, 4.69) is 6.07 Å². The zero-order valence-corrected chi connectivity index (χ0v) is 13.4. The molecule has 2 aromatic carbocycles. The van der Waals surface area contributed by atoms with E-state index in [0.29, 0.717) is 32.9 Å². The average Bonchev–Trinajstić information content (AvgIpc) is 2.60. The highest BCUT2D eigenvalue weighted by molar-refractivity contribution is 7.71. The Labute approximate surface area is 138 Å². The van der Waals surface area contributed by atoms with Crippen LogP contribution in [0.15, 0.2) is 46.9 Å². The number of rotatable bonds is 3. The molecule has 0 radical (unpaired) electrons. The maximum Gasteiger partial charge on any atom is 0.143 e. The third-order valence-corrected chi connectivity index (χ3v) is 3.84. The maximum absolute atomic E-state index is 8.88. The highest BCUT2D eigenvalue weighted by atomic mass is 32.1. The van der Waals surface area contributed by atoms with Crippen molar-refractivity contribution < 1.29 is 13.9 Å². The first-order valence-electron chi connectivity index (χ1n) is 6.86. The van der Waals surface area contributed by atoms with Crippen LogP contribution in [0.25, 0.3) is 22.3 Å². The number of benzene rings is 2. The second kappa shape index (κ2) is 6.11. The summed E-state index contributed by atoms with van der Waals surface area (Å²) in [4.78, 5) is 0. The first kappa shape index (κ1) is 15.1. The Bertz CT molecular complexity index is 968. The molecule has 0 spiro atoms. The molecule has 0 bridgehead atoms. The number of ether oxygens (including phenoxy) is 2. The molecule has 0 N–H and O–H groups in total. The first-order chi connectivity index (χ1) is 11.2. The van der Waals surface area contributed by atoms with Crippen molar-refractivity contribution in [3.05, 3.63) is 52.5 Å². The second-order valence-electron chi connectivity index (χ2n) is 4.87. The monoisotopic (exact) mass is 323 g/mol. The minimum atomic E-state index is 0.591. The fourth-order valence-corrected chi connectivity index (χ4v) is 2.67. The molecule has 5 heteroatoms. The highest BCUT2D eigenvalue weighted by Crippen LogP contribution is 2.35. The first-order valence-corrected chi connectivity index (χ1v) is 7.27. The molecule has 0 aliphatic rings. The van der Waals surface area contributed by atoms with Gasteiger partial charge < -0.3 is 13.9 Å². The Hall–Kier alpha value is -2.84. The van der Waals surface area contributed by atoms with Crippen molar-refractivity contribution in [2.75, 3.05) is 14.2 Å². The number of methoxy groups -OCH3 is 2. The summed E-state index contributed by atoms with van der Waals surface area (Å²) in [5, 5.41) is 9.62. The largest absolute Gasteiger partial charge is 0.496 e. The second-order valence-corrected chi connectivity index (χ2v) is 5.31. The molecule has 1 aromatic heterocycles. The van der Waals surface area contributed by atoms with Crippen molar-refractivity contribution in [3.8, 4) is 28.9 Å². The molecule has 4 nitrogen and oxygen atoms in total. The number of fused-ring (bicyclic) bond motifs is 1. The Morgan fingerprint density at radius 3 is 2.39 bits per heavy atom. The van der Waals surface area contributed by atoms with Gasteiger partial charge in [0.15, 0.2) is 0 Å². The van der Waals surface area contributed by atoms with Crippen molar-refractivity contribution in [2.24, 2.45) is 0 Å².